The van der Waals surface area contributed by atoms with Crippen molar-refractivity contribution < 1.29 is 14.7 Å². The van der Waals surface area contributed by atoms with Crippen molar-refractivity contribution in [1.29, 1.82) is 0 Å². The highest BCUT2D eigenvalue weighted by Crippen LogP contribution is 2.19. The molecule has 2 amide bonds. The van der Waals surface area contributed by atoms with Crippen LogP contribution in [0.1, 0.15) is 23.7 Å². The molecule has 5 nitrogen and oxygen atoms in total. The summed E-state index contributed by atoms with van der Waals surface area (Å²) in [5, 5.41) is 14.7. The monoisotopic (exact) mass is 362 g/mol. The van der Waals surface area contributed by atoms with Gasteiger partial charge in [-0.15, -0.1) is 0 Å². The Morgan fingerprint density at radius 1 is 1.33 bits per heavy atom. The average molecular weight is 362 g/mol. The maximum atomic E-state index is 11.7. The van der Waals surface area contributed by atoms with Crippen LogP contribution in [-0.4, -0.2) is 30.0 Å². The molecular weight excluding hydrogens is 347 g/mol. The number of hydrogen-bond acceptors (Lipinski definition) is 3. The van der Waals surface area contributed by atoms with Gasteiger partial charge < -0.3 is 15.7 Å². The second-order valence-corrected chi connectivity index (χ2v) is 4.94. The third-order valence-corrected chi connectivity index (χ3v) is 2.86. The molecular formula is C12H15IN2O3. The third kappa shape index (κ3) is 4.52. The van der Waals surface area contributed by atoms with Crippen molar-refractivity contribution in [2.45, 2.75) is 13.3 Å². The van der Waals surface area contributed by atoms with E-state index in [0.29, 0.717) is 6.54 Å². The summed E-state index contributed by atoms with van der Waals surface area (Å²) in [4.78, 5) is 23.0. The Morgan fingerprint density at radius 2 is 2.06 bits per heavy atom. The van der Waals surface area contributed by atoms with Gasteiger partial charge in [0.1, 0.15) is 5.75 Å². The number of nitrogens with one attached hydrogen (secondary N) is 2. The largest absolute Gasteiger partial charge is 0.507 e. The number of aromatic hydroxyl groups is 1. The highest BCUT2D eigenvalue weighted by atomic mass is 127. The molecule has 0 saturated carbocycles. The first-order chi connectivity index (χ1) is 8.54. The molecule has 6 heteroatoms. The molecule has 98 valence electrons. The molecule has 0 aliphatic rings. The van der Waals surface area contributed by atoms with Crippen LogP contribution < -0.4 is 10.6 Å². The topological polar surface area (TPSA) is 78.4 Å². The Kier molecular flexibility index (Phi) is 5.90. The normalized spacial score (nSPS) is 9.89. The molecule has 0 aliphatic carbocycles. The first-order valence-electron chi connectivity index (χ1n) is 5.58. The quantitative estimate of drug-likeness (QED) is 0.690. The standard InChI is InChI=1S/C12H15IN2O3/c1-2-5-14-11(17)7-15-12(18)9-6-8(13)3-4-10(9)16/h3-4,6,16H,2,5,7H2,1H3,(H,14,17)(H,15,18). The molecule has 0 fully saturated rings. The summed E-state index contributed by atoms with van der Waals surface area (Å²) in [6.45, 7) is 2.44. The van der Waals surface area contributed by atoms with E-state index < -0.39 is 5.91 Å². The molecule has 0 radical (unpaired) electrons. The number of phenolic OH excluding ortho intramolecular Hbond substituents is 1. The van der Waals surface area contributed by atoms with Crippen molar-refractivity contribution in [3.8, 4) is 5.75 Å². The van der Waals surface area contributed by atoms with Crippen LogP contribution in [0.25, 0.3) is 0 Å². The van der Waals surface area contributed by atoms with Crippen LogP contribution in [0.3, 0.4) is 0 Å². The van der Waals surface area contributed by atoms with E-state index in [4.69, 9.17) is 0 Å². The molecule has 18 heavy (non-hydrogen) atoms. The minimum Gasteiger partial charge on any atom is -0.507 e. The van der Waals surface area contributed by atoms with Gasteiger partial charge in [0, 0.05) is 10.1 Å². The van der Waals surface area contributed by atoms with Crippen molar-refractivity contribution in [2.24, 2.45) is 0 Å². The fourth-order valence-corrected chi connectivity index (χ4v) is 1.76. The summed E-state index contributed by atoms with van der Waals surface area (Å²) in [6.07, 6.45) is 0.845. The molecule has 0 unspecified atom stereocenters. The van der Waals surface area contributed by atoms with Crippen molar-refractivity contribution in [1.82, 2.24) is 10.6 Å². The van der Waals surface area contributed by atoms with E-state index in [1.54, 1.807) is 12.1 Å². The van der Waals surface area contributed by atoms with E-state index in [0.717, 1.165) is 9.99 Å². The summed E-state index contributed by atoms with van der Waals surface area (Å²) in [5.74, 6) is -0.796. The predicted octanol–water partition coefficient (Wildman–Crippen LogP) is 1.25. The number of amides is 2. The molecule has 0 aliphatic heterocycles. The zero-order valence-corrected chi connectivity index (χ0v) is 12.2. The van der Waals surface area contributed by atoms with Gasteiger partial charge in [-0.25, -0.2) is 0 Å². The average Bonchev–Trinajstić information content (AvgIpc) is 2.36. The van der Waals surface area contributed by atoms with E-state index in [1.165, 1.54) is 6.07 Å². The lowest BCUT2D eigenvalue weighted by molar-refractivity contribution is -0.120. The minimum absolute atomic E-state index is 0.0935. The maximum absolute atomic E-state index is 11.7. The zero-order chi connectivity index (χ0) is 13.5. The molecule has 0 spiro atoms. The Balaban J connectivity index is 2.55. The van der Waals surface area contributed by atoms with Gasteiger partial charge in [0.25, 0.3) is 5.91 Å². The lowest BCUT2D eigenvalue weighted by atomic mass is 10.2. The Bertz CT molecular complexity index is 449. The summed E-state index contributed by atoms with van der Waals surface area (Å²) in [5.41, 5.74) is 0.171. The number of carbonyl (C=O) groups excluding carboxylic acids is 2. The van der Waals surface area contributed by atoms with Crippen molar-refractivity contribution in [2.75, 3.05) is 13.1 Å². The lowest BCUT2D eigenvalue weighted by Gasteiger charge is -2.07. The van der Waals surface area contributed by atoms with Gasteiger partial charge in [0.2, 0.25) is 5.91 Å². The SMILES string of the molecule is CCCNC(=O)CNC(=O)c1cc(I)ccc1O. The minimum atomic E-state index is -0.460. The summed E-state index contributed by atoms with van der Waals surface area (Å²) < 4.78 is 0.839. The molecule has 1 aromatic carbocycles. The molecule has 0 saturated heterocycles. The van der Waals surface area contributed by atoms with E-state index in [1.807, 2.05) is 29.5 Å². The maximum Gasteiger partial charge on any atom is 0.255 e. The number of carbonyl (C=O) groups is 2. The van der Waals surface area contributed by atoms with Crippen molar-refractivity contribution in [3.63, 3.8) is 0 Å². The molecule has 0 heterocycles. The van der Waals surface area contributed by atoms with Gasteiger partial charge in [-0.2, -0.15) is 0 Å². The zero-order valence-electron chi connectivity index (χ0n) is 10.00. The number of hydrogen-bond donors (Lipinski definition) is 3. The second-order valence-electron chi connectivity index (χ2n) is 3.69. The third-order valence-electron chi connectivity index (χ3n) is 2.18. The first kappa shape index (κ1) is 14.7. The molecule has 1 aromatic rings. The van der Waals surface area contributed by atoms with E-state index in [9.17, 15) is 14.7 Å². The first-order valence-corrected chi connectivity index (χ1v) is 6.66. The van der Waals surface area contributed by atoms with Gasteiger partial charge in [-0.3, -0.25) is 9.59 Å². The van der Waals surface area contributed by atoms with Crippen LogP contribution in [0.5, 0.6) is 5.75 Å². The van der Waals surface area contributed by atoms with E-state index >= 15 is 0 Å². The number of phenols is 1. The summed E-state index contributed by atoms with van der Waals surface area (Å²) in [6, 6.07) is 4.71. The molecule has 3 N–H and O–H groups in total. The number of rotatable bonds is 5. The molecule has 0 atom stereocenters. The lowest BCUT2D eigenvalue weighted by Crippen LogP contribution is -2.37. The fraction of sp³-hybridized carbons (Fsp3) is 0.333. The fourth-order valence-electron chi connectivity index (χ4n) is 1.27. The summed E-state index contributed by atoms with van der Waals surface area (Å²) >= 11 is 2.05. The van der Waals surface area contributed by atoms with Gasteiger partial charge in [-0.1, -0.05) is 6.92 Å². The predicted molar refractivity (Wildman–Crippen MR) is 76.5 cm³/mol. The van der Waals surface area contributed by atoms with Crippen LogP contribution in [-0.2, 0) is 4.79 Å². The van der Waals surface area contributed by atoms with Crippen molar-refractivity contribution >= 4 is 34.4 Å². The van der Waals surface area contributed by atoms with Crippen LogP contribution in [0.15, 0.2) is 18.2 Å². The van der Waals surface area contributed by atoms with Gasteiger partial charge in [-0.05, 0) is 47.2 Å². The molecule has 0 bridgehead atoms. The second kappa shape index (κ2) is 7.20. The van der Waals surface area contributed by atoms with Crippen LogP contribution in [0, 0.1) is 3.57 Å². The highest BCUT2D eigenvalue weighted by Gasteiger charge is 2.12. The molecule has 1 rings (SSSR count). The van der Waals surface area contributed by atoms with Gasteiger partial charge >= 0.3 is 0 Å². The van der Waals surface area contributed by atoms with Crippen LogP contribution >= 0.6 is 22.6 Å². The van der Waals surface area contributed by atoms with E-state index in [-0.39, 0.29) is 23.8 Å². The molecule has 0 aromatic heterocycles. The summed E-state index contributed by atoms with van der Waals surface area (Å²) in [7, 11) is 0. The Morgan fingerprint density at radius 3 is 2.72 bits per heavy atom. The Labute approximate surface area is 119 Å². The highest BCUT2D eigenvalue weighted by molar-refractivity contribution is 14.1. The number of benzene rings is 1. The van der Waals surface area contributed by atoms with Gasteiger partial charge in [0.05, 0.1) is 12.1 Å². The van der Waals surface area contributed by atoms with Crippen LogP contribution in [0.2, 0.25) is 0 Å². The van der Waals surface area contributed by atoms with E-state index in [2.05, 4.69) is 10.6 Å². The van der Waals surface area contributed by atoms with Crippen molar-refractivity contribution in [3.05, 3.63) is 27.3 Å². The van der Waals surface area contributed by atoms with Crippen LogP contribution in [0.4, 0.5) is 0 Å². The Hall–Kier alpha value is -1.31. The van der Waals surface area contributed by atoms with Gasteiger partial charge in [0.15, 0.2) is 0 Å². The smallest absolute Gasteiger partial charge is 0.255 e. The number of halogens is 1.